The molecule has 5 heteroatoms. The minimum absolute atomic E-state index is 0.0690. The molecule has 11 rings (SSSR count). The van der Waals surface area contributed by atoms with Crippen LogP contribution in [0.3, 0.4) is 0 Å². The number of benzene rings is 4. The fourth-order valence-electron chi connectivity index (χ4n) is 9.88. The number of allylic oxidation sites excluding steroid dienone is 6. The topological polar surface area (TPSA) is 52.5 Å². The van der Waals surface area contributed by atoms with Crippen molar-refractivity contribution in [3.05, 3.63) is 174 Å². The molecule has 0 bridgehead atoms. The fourth-order valence-corrected chi connectivity index (χ4v) is 9.88. The lowest BCUT2D eigenvalue weighted by molar-refractivity contribution is 0.149. The summed E-state index contributed by atoms with van der Waals surface area (Å²) in [6.45, 7) is 4.75. The Hall–Kier alpha value is -6.20. The van der Waals surface area contributed by atoms with Crippen LogP contribution in [0.5, 0.6) is 5.75 Å². The third kappa shape index (κ3) is 5.13. The number of furan rings is 1. The first kappa shape index (κ1) is 33.2. The van der Waals surface area contributed by atoms with Gasteiger partial charge in [0.05, 0.1) is 28.7 Å². The predicted molar refractivity (Wildman–Crippen MR) is 228 cm³/mol. The Morgan fingerprint density at radius 1 is 0.821 bits per heavy atom. The highest BCUT2D eigenvalue weighted by Crippen LogP contribution is 2.56. The molecule has 0 spiro atoms. The van der Waals surface area contributed by atoms with Gasteiger partial charge in [-0.3, -0.25) is 4.98 Å². The Labute approximate surface area is 327 Å². The Morgan fingerprint density at radius 2 is 1.64 bits per heavy atom. The molecule has 5 unspecified atom stereocenters. The first-order valence-corrected chi connectivity index (χ1v) is 20.0. The summed E-state index contributed by atoms with van der Waals surface area (Å²) >= 11 is 0. The number of rotatable bonds is 5. The van der Waals surface area contributed by atoms with E-state index >= 15 is 0 Å². The van der Waals surface area contributed by atoms with Crippen LogP contribution in [0.1, 0.15) is 56.0 Å². The highest BCUT2D eigenvalue weighted by atomic mass is 16.5. The number of fused-ring (bicyclic) bond motifs is 8. The van der Waals surface area contributed by atoms with Crippen molar-refractivity contribution in [2.75, 3.05) is 0 Å². The van der Waals surface area contributed by atoms with Crippen LogP contribution in [0.2, 0.25) is 0 Å². The lowest BCUT2D eigenvalue weighted by Crippen LogP contribution is -2.32. The maximum absolute atomic E-state index is 7.09. The minimum Gasteiger partial charge on any atom is -0.488 e. The fraction of sp³-hybridized carbons (Fsp3) is 0.216. The summed E-state index contributed by atoms with van der Waals surface area (Å²) in [7, 11) is 2.10. The van der Waals surface area contributed by atoms with Crippen LogP contribution in [-0.2, 0) is 7.05 Å². The van der Waals surface area contributed by atoms with E-state index in [1.54, 1.807) is 0 Å². The van der Waals surface area contributed by atoms with Gasteiger partial charge in [-0.05, 0) is 95.0 Å². The molecule has 0 saturated heterocycles. The van der Waals surface area contributed by atoms with Crippen molar-refractivity contribution >= 4 is 44.1 Å². The molecule has 5 nitrogen and oxygen atoms in total. The van der Waals surface area contributed by atoms with E-state index < -0.39 is 0 Å². The lowest BCUT2D eigenvalue weighted by Gasteiger charge is -2.38. The van der Waals surface area contributed by atoms with Gasteiger partial charge in [0.1, 0.15) is 23.0 Å². The van der Waals surface area contributed by atoms with Gasteiger partial charge in [-0.1, -0.05) is 111 Å². The van der Waals surface area contributed by atoms with E-state index in [1.807, 2.05) is 24.4 Å². The molecule has 56 heavy (non-hydrogen) atoms. The summed E-state index contributed by atoms with van der Waals surface area (Å²) < 4.78 is 15.9. The number of aromatic nitrogens is 2. The number of pyridine rings is 1. The van der Waals surface area contributed by atoms with Gasteiger partial charge in [-0.15, -0.1) is 0 Å². The zero-order valence-corrected chi connectivity index (χ0v) is 31.9. The Balaban J connectivity index is 0.978. The Bertz CT molecular complexity index is 2880. The van der Waals surface area contributed by atoms with Crippen LogP contribution >= 0.6 is 0 Å². The van der Waals surface area contributed by atoms with Crippen molar-refractivity contribution in [1.82, 2.24) is 9.55 Å². The Kier molecular flexibility index (Phi) is 7.50. The molecule has 2 aliphatic heterocycles. The predicted octanol–water partition coefficient (Wildman–Crippen LogP) is 12.4. The molecular weight excluding hydrogens is 687 g/mol. The normalized spacial score (nSPS) is 24.3. The monoisotopic (exact) mass is 729 g/mol. The number of hydrogen-bond donors (Lipinski definition) is 0. The van der Waals surface area contributed by atoms with E-state index in [0.29, 0.717) is 5.92 Å². The van der Waals surface area contributed by atoms with Crippen LogP contribution in [0.25, 0.3) is 49.5 Å². The zero-order chi connectivity index (χ0) is 37.5. The summed E-state index contributed by atoms with van der Waals surface area (Å²) in [6, 6.07) is 36.4. The van der Waals surface area contributed by atoms with Gasteiger partial charge in [0, 0.05) is 46.7 Å². The summed E-state index contributed by atoms with van der Waals surface area (Å²) in [5, 5.41) is 4.64. The number of para-hydroxylation sites is 2. The average Bonchev–Trinajstić information content (AvgIpc) is 3.97. The summed E-state index contributed by atoms with van der Waals surface area (Å²) in [5.41, 5.74) is 12.2. The van der Waals surface area contributed by atoms with Crippen LogP contribution in [-0.4, -0.2) is 21.4 Å². The number of ether oxygens (including phenoxy) is 1. The maximum Gasteiger partial charge on any atom is 0.143 e. The molecule has 7 aromatic rings. The molecule has 4 aromatic carbocycles. The van der Waals surface area contributed by atoms with Crippen molar-refractivity contribution in [2.45, 2.75) is 45.1 Å². The van der Waals surface area contributed by atoms with Crippen LogP contribution in [0.4, 0.5) is 0 Å². The van der Waals surface area contributed by atoms with Gasteiger partial charge >= 0.3 is 0 Å². The SMILES string of the molecule is CC1CC=C(C2=CCC(C)(C3C=C(c4ccccn4)N=C(c4cccn4C)C3)C=C2)C2c3cc(-c4cccc5c4oc4ccccc45)c4ccccc4c3OC12. The first-order chi connectivity index (χ1) is 27.4. The van der Waals surface area contributed by atoms with Crippen LogP contribution < -0.4 is 4.74 Å². The summed E-state index contributed by atoms with van der Waals surface area (Å²) in [6.07, 6.45) is 19.1. The van der Waals surface area contributed by atoms with Gasteiger partial charge < -0.3 is 13.7 Å². The second kappa shape index (κ2) is 12.7. The first-order valence-electron chi connectivity index (χ1n) is 20.0. The largest absolute Gasteiger partial charge is 0.488 e. The smallest absolute Gasteiger partial charge is 0.143 e. The lowest BCUT2D eigenvalue weighted by atomic mass is 9.66. The van der Waals surface area contributed by atoms with Crippen LogP contribution in [0, 0.1) is 17.3 Å². The molecule has 0 fully saturated rings. The molecule has 2 aliphatic carbocycles. The van der Waals surface area contributed by atoms with E-state index in [9.17, 15) is 0 Å². The number of nitrogens with zero attached hydrogens (tertiary/aromatic N) is 3. The highest BCUT2D eigenvalue weighted by Gasteiger charge is 2.45. The molecule has 3 aromatic heterocycles. The molecule has 0 saturated carbocycles. The van der Waals surface area contributed by atoms with Crippen molar-refractivity contribution < 1.29 is 9.15 Å². The molecule has 0 radical (unpaired) electrons. The molecule has 0 N–H and O–H groups in total. The van der Waals surface area contributed by atoms with Crippen molar-refractivity contribution in [3.8, 4) is 16.9 Å². The molecule has 5 heterocycles. The third-order valence-electron chi connectivity index (χ3n) is 13.0. The third-order valence-corrected chi connectivity index (χ3v) is 13.0. The van der Waals surface area contributed by atoms with E-state index in [-0.39, 0.29) is 23.4 Å². The van der Waals surface area contributed by atoms with E-state index in [0.717, 1.165) is 75.3 Å². The summed E-state index contributed by atoms with van der Waals surface area (Å²) in [4.78, 5) is 9.89. The summed E-state index contributed by atoms with van der Waals surface area (Å²) in [5.74, 6) is 1.81. The highest BCUT2D eigenvalue weighted by molar-refractivity contribution is 6.13. The second-order valence-corrected chi connectivity index (χ2v) is 16.4. The molecule has 4 aliphatic rings. The minimum atomic E-state index is -0.0868. The standard InChI is InChI=1S/C51H43N3O2/c1-31-20-21-34(32-22-24-51(2,25-23-32)33-28-43(42-17-8-9-26-52-42)53-44(29-33)45-18-11-27-54(45)3)47-41-30-40(35-12-4-5-14-37(35)50(41)56-48(31)47)39-16-10-15-38-36-13-6-7-19-46(36)55-49(38)39/h4-19,21-24,26-28,30-31,33,47-48H,20,25,29H2,1-3H3. The van der Waals surface area contributed by atoms with Gasteiger partial charge in [0.15, 0.2) is 0 Å². The van der Waals surface area contributed by atoms with Crippen LogP contribution in [0.15, 0.2) is 166 Å². The molecule has 274 valence electrons. The van der Waals surface area contributed by atoms with Gasteiger partial charge in [0.25, 0.3) is 0 Å². The zero-order valence-electron chi connectivity index (χ0n) is 31.9. The second-order valence-electron chi connectivity index (χ2n) is 16.4. The number of aliphatic imine (C=N–C) groups is 1. The molecule has 5 atom stereocenters. The van der Waals surface area contributed by atoms with E-state index in [1.165, 1.54) is 33.0 Å². The van der Waals surface area contributed by atoms with Crippen molar-refractivity contribution in [3.63, 3.8) is 0 Å². The maximum atomic E-state index is 7.09. The van der Waals surface area contributed by atoms with E-state index in [2.05, 4.69) is 147 Å². The van der Waals surface area contributed by atoms with Gasteiger partial charge in [-0.25, -0.2) is 4.99 Å². The number of hydrogen-bond acceptors (Lipinski definition) is 4. The van der Waals surface area contributed by atoms with Gasteiger partial charge in [0.2, 0.25) is 0 Å². The molecular formula is C51H43N3O2. The average molecular weight is 730 g/mol. The van der Waals surface area contributed by atoms with Gasteiger partial charge in [-0.2, -0.15) is 0 Å². The van der Waals surface area contributed by atoms with Crippen molar-refractivity contribution in [2.24, 2.45) is 29.3 Å². The molecule has 0 amide bonds. The quantitative estimate of drug-likeness (QED) is 0.177. The number of aryl methyl sites for hydroxylation is 1. The Morgan fingerprint density at radius 3 is 2.45 bits per heavy atom. The van der Waals surface area contributed by atoms with E-state index in [4.69, 9.17) is 19.1 Å². The van der Waals surface area contributed by atoms with Crippen molar-refractivity contribution in [1.29, 1.82) is 0 Å².